The minimum Gasteiger partial charge on any atom is -0.394 e. The fraction of sp³-hybridized carbons (Fsp3) is 0.500. The molecule has 4 N–H and O–H groups in total. The number of anilines is 1. The predicted molar refractivity (Wildman–Crippen MR) is 74.4 cm³/mol. The standard InChI is InChI=1S/C10H11FIN5O3/c11-4-3(1-18)20-9(6(4)19)17-2-14-5-7(13)15-10(12)16-8(5)17/h2-4,6,9,18-19H,1H2,(H2,13,15,16)/t3-,4-,6+,9-/m1/s1. The number of halogens is 2. The van der Waals surface area contributed by atoms with Crippen LogP contribution in [0.3, 0.4) is 0 Å². The molecular formula is C10H11FIN5O3. The predicted octanol–water partition coefficient (Wildman–Crippen LogP) is -0.398. The van der Waals surface area contributed by atoms with Crippen molar-refractivity contribution in [3.8, 4) is 0 Å². The fourth-order valence-electron chi connectivity index (χ4n) is 2.18. The Bertz CT molecular complexity index is 653. The van der Waals surface area contributed by atoms with Crippen LogP contribution in [0.2, 0.25) is 0 Å². The van der Waals surface area contributed by atoms with E-state index >= 15 is 0 Å². The molecule has 0 radical (unpaired) electrons. The van der Waals surface area contributed by atoms with Crippen LogP contribution < -0.4 is 5.73 Å². The highest BCUT2D eigenvalue weighted by molar-refractivity contribution is 14.1. The Hall–Kier alpha value is -1.11. The molecule has 3 rings (SSSR count). The maximum absolute atomic E-state index is 13.8. The highest BCUT2D eigenvalue weighted by Gasteiger charge is 2.45. The number of hydrogen-bond acceptors (Lipinski definition) is 7. The van der Waals surface area contributed by atoms with Crippen LogP contribution in [-0.2, 0) is 4.74 Å². The van der Waals surface area contributed by atoms with Crippen LogP contribution in [0.1, 0.15) is 6.23 Å². The molecule has 4 atom stereocenters. The van der Waals surface area contributed by atoms with Gasteiger partial charge >= 0.3 is 0 Å². The Kier molecular flexibility index (Phi) is 3.48. The van der Waals surface area contributed by atoms with Crippen molar-refractivity contribution in [2.24, 2.45) is 0 Å². The molecule has 0 spiro atoms. The molecule has 0 bridgehead atoms. The van der Waals surface area contributed by atoms with Crippen molar-refractivity contribution < 1.29 is 19.3 Å². The first-order valence-electron chi connectivity index (χ1n) is 5.77. The Labute approximate surface area is 125 Å². The van der Waals surface area contributed by atoms with Crippen molar-refractivity contribution in [2.75, 3.05) is 12.3 Å². The first kappa shape index (κ1) is 13.9. The Morgan fingerprint density at radius 1 is 1.50 bits per heavy atom. The van der Waals surface area contributed by atoms with Crippen LogP contribution in [0.5, 0.6) is 0 Å². The lowest BCUT2D eigenvalue weighted by atomic mass is 10.1. The van der Waals surface area contributed by atoms with Crippen LogP contribution in [0.25, 0.3) is 11.2 Å². The SMILES string of the molecule is Nc1nc(I)nc2c1ncn2[C@@H]1O[C@H](CO)[C@@H](F)[C@@H]1O. The van der Waals surface area contributed by atoms with E-state index in [0.29, 0.717) is 15.0 Å². The molecule has 0 saturated carbocycles. The summed E-state index contributed by atoms with van der Waals surface area (Å²) in [5.41, 5.74) is 6.43. The molecule has 0 unspecified atom stereocenters. The first-order valence-corrected chi connectivity index (χ1v) is 6.84. The van der Waals surface area contributed by atoms with Crippen LogP contribution in [0.15, 0.2) is 6.33 Å². The van der Waals surface area contributed by atoms with E-state index in [1.165, 1.54) is 10.9 Å². The summed E-state index contributed by atoms with van der Waals surface area (Å²) in [6, 6.07) is 0. The van der Waals surface area contributed by atoms with Crippen molar-refractivity contribution in [3.05, 3.63) is 10.2 Å². The van der Waals surface area contributed by atoms with Gasteiger partial charge in [0.1, 0.15) is 17.7 Å². The van der Waals surface area contributed by atoms with Crippen LogP contribution >= 0.6 is 22.6 Å². The van der Waals surface area contributed by atoms with Gasteiger partial charge in [0.25, 0.3) is 0 Å². The molecule has 20 heavy (non-hydrogen) atoms. The lowest BCUT2D eigenvalue weighted by Crippen LogP contribution is -2.29. The number of aliphatic hydroxyl groups excluding tert-OH is 2. The third-order valence-corrected chi connectivity index (χ3v) is 3.65. The number of ether oxygens (including phenoxy) is 1. The lowest BCUT2D eigenvalue weighted by Gasteiger charge is -2.16. The summed E-state index contributed by atoms with van der Waals surface area (Å²) in [5.74, 6) is 0.196. The van der Waals surface area contributed by atoms with Gasteiger partial charge < -0.3 is 20.7 Å². The van der Waals surface area contributed by atoms with Gasteiger partial charge in [-0.1, -0.05) is 0 Å². The van der Waals surface area contributed by atoms with Gasteiger partial charge in [0, 0.05) is 22.6 Å². The second-order valence-electron chi connectivity index (χ2n) is 4.38. The summed E-state index contributed by atoms with van der Waals surface area (Å²) in [5, 5.41) is 18.9. The van der Waals surface area contributed by atoms with E-state index < -0.39 is 31.2 Å². The lowest BCUT2D eigenvalue weighted by molar-refractivity contribution is -0.0495. The maximum Gasteiger partial charge on any atom is 0.194 e. The maximum atomic E-state index is 13.8. The molecule has 0 amide bonds. The number of nitrogen functional groups attached to an aromatic ring is 1. The number of fused-ring (bicyclic) bond motifs is 1. The van der Waals surface area contributed by atoms with Crippen molar-refractivity contribution in [2.45, 2.75) is 24.6 Å². The van der Waals surface area contributed by atoms with Gasteiger partial charge in [0.15, 0.2) is 27.7 Å². The van der Waals surface area contributed by atoms with Crippen LogP contribution in [0.4, 0.5) is 10.2 Å². The van der Waals surface area contributed by atoms with E-state index in [1.54, 1.807) is 0 Å². The van der Waals surface area contributed by atoms with E-state index in [2.05, 4.69) is 15.0 Å². The monoisotopic (exact) mass is 395 g/mol. The van der Waals surface area contributed by atoms with E-state index in [4.69, 9.17) is 15.6 Å². The van der Waals surface area contributed by atoms with Gasteiger partial charge in [-0.15, -0.1) is 0 Å². The third-order valence-electron chi connectivity index (χ3n) is 3.16. The van der Waals surface area contributed by atoms with Gasteiger partial charge in [0.2, 0.25) is 0 Å². The molecule has 1 aliphatic rings. The van der Waals surface area contributed by atoms with Crippen molar-refractivity contribution >= 4 is 39.6 Å². The molecule has 3 heterocycles. The smallest absolute Gasteiger partial charge is 0.194 e. The molecule has 1 fully saturated rings. The van der Waals surface area contributed by atoms with Gasteiger partial charge in [-0.05, 0) is 0 Å². The Morgan fingerprint density at radius 3 is 2.90 bits per heavy atom. The summed E-state index contributed by atoms with van der Waals surface area (Å²) < 4.78 is 20.9. The molecule has 2 aromatic rings. The summed E-state index contributed by atoms with van der Waals surface area (Å²) in [6.45, 7) is -0.518. The number of rotatable bonds is 2. The summed E-state index contributed by atoms with van der Waals surface area (Å²) in [6.07, 6.45) is -3.84. The molecule has 1 saturated heterocycles. The molecule has 108 valence electrons. The summed E-state index contributed by atoms with van der Waals surface area (Å²) in [7, 11) is 0. The van der Waals surface area contributed by atoms with Crippen LogP contribution in [-0.4, -0.2) is 54.7 Å². The van der Waals surface area contributed by atoms with Crippen molar-refractivity contribution in [1.82, 2.24) is 19.5 Å². The number of nitrogens with two attached hydrogens (primary N) is 1. The highest BCUT2D eigenvalue weighted by Crippen LogP contribution is 2.33. The quantitative estimate of drug-likeness (QED) is 0.468. The molecule has 2 aromatic heterocycles. The normalized spacial score (nSPS) is 30.2. The molecular weight excluding hydrogens is 384 g/mol. The topological polar surface area (TPSA) is 119 Å². The van der Waals surface area contributed by atoms with Gasteiger partial charge in [0.05, 0.1) is 12.9 Å². The molecule has 0 aliphatic carbocycles. The third kappa shape index (κ3) is 2.03. The molecule has 1 aliphatic heterocycles. The second-order valence-corrected chi connectivity index (χ2v) is 5.35. The summed E-state index contributed by atoms with van der Waals surface area (Å²) >= 11 is 1.89. The zero-order valence-electron chi connectivity index (χ0n) is 10.0. The van der Waals surface area contributed by atoms with Gasteiger partial charge in [-0.3, -0.25) is 4.57 Å². The highest BCUT2D eigenvalue weighted by atomic mass is 127. The summed E-state index contributed by atoms with van der Waals surface area (Å²) in [4.78, 5) is 12.2. The number of hydrogen-bond donors (Lipinski definition) is 3. The second kappa shape index (κ2) is 5.02. The largest absolute Gasteiger partial charge is 0.394 e. The minimum absolute atomic E-state index is 0.196. The van der Waals surface area contributed by atoms with Crippen molar-refractivity contribution in [1.29, 1.82) is 0 Å². The Morgan fingerprint density at radius 2 is 2.25 bits per heavy atom. The van der Waals surface area contributed by atoms with Crippen LogP contribution in [0, 0.1) is 3.83 Å². The van der Waals surface area contributed by atoms with Gasteiger partial charge in [-0.25, -0.2) is 19.3 Å². The fourth-order valence-corrected chi connectivity index (χ4v) is 2.67. The molecule has 8 nitrogen and oxygen atoms in total. The number of aliphatic hydroxyl groups is 2. The number of aromatic nitrogens is 4. The number of nitrogens with zero attached hydrogens (tertiary/aromatic N) is 4. The Balaban J connectivity index is 2.07. The zero-order valence-corrected chi connectivity index (χ0v) is 12.2. The molecule has 10 heteroatoms. The zero-order chi connectivity index (χ0) is 14.4. The van der Waals surface area contributed by atoms with E-state index in [0.717, 1.165) is 0 Å². The van der Waals surface area contributed by atoms with E-state index in [-0.39, 0.29) is 5.82 Å². The van der Waals surface area contributed by atoms with Gasteiger partial charge in [-0.2, -0.15) is 0 Å². The average Bonchev–Trinajstić information content (AvgIpc) is 2.93. The molecule has 0 aromatic carbocycles. The van der Waals surface area contributed by atoms with E-state index in [1.807, 2.05) is 22.6 Å². The average molecular weight is 395 g/mol. The number of imidazole rings is 1. The number of alkyl halides is 1. The first-order chi connectivity index (χ1) is 9.52. The van der Waals surface area contributed by atoms with Crippen molar-refractivity contribution in [3.63, 3.8) is 0 Å². The van der Waals surface area contributed by atoms with E-state index in [9.17, 15) is 9.50 Å². The minimum atomic E-state index is -1.68.